The number of ether oxygens (including phenoxy) is 1. The van der Waals surface area contributed by atoms with E-state index in [4.69, 9.17) is 4.74 Å². The fourth-order valence-corrected chi connectivity index (χ4v) is 4.83. The number of rotatable bonds is 12. The highest BCUT2D eigenvalue weighted by Gasteiger charge is 2.26. The highest BCUT2D eigenvalue weighted by atomic mass is 127. The van der Waals surface area contributed by atoms with Gasteiger partial charge in [0.1, 0.15) is 0 Å². The molecule has 31 heavy (non-hydrogen) atoms. The monoisotopic (exact) mass is 567 g/mol. The molecule has 8 nitrogen and oxygen atoms in total. The average Bonchev–Trinajstić information content (AvgIpc) is 3.28. The van der Waals surface area contributed by atoms with Crippen LogP contribution in [0.25, 0.3) is 0 Å². The number of hydrogen-bond acceptors (Lipinski definition) is 5. The van der Waals surface area contributed by atoms with Gasteiger partial charge in [-0.2, -0.15) is 4.31 Å². The Balaban J connectivity index is 0.00000480. The molecule has 0 saturated carbocycles. The molecule has 0 aromatic heterocycles. The van der Waals surface area contributed by atoms with Crippen LogP contribution in [0.15, 0.2) is 34.2 Å². The Morgan fingerprint density at radius 3 is 2.45 bits per heavy atom. The minimum atomic E-state index is -3.36. The van der Waals surface area contributed by atoms with Gasteiger partial charge in [0, 0.05) is 53.0 Å². The summed E-state index contributed by atoms with van der Waals surface area (Å²) in [6, 6.07) is 7.07. The van der Waals surface area contributed by atoms with E-state index in [-0.39, 0.29) is 24.0 Å². The second kappa shape index (κ2) is 15.0. The largest absolute Gasteiger partial charge is 0.385 e. The first-order chi connectivity index (χ1) is 14.5. The summed E-state index contributed by atoms with van der Waals surface area (Å²) in [5.41, 5.74) is 0.976. The molecule has 0 atom stereocenters. The van der Waals surface area contributed by atoms with E-state index in [1.165, 1.54) is 0 Å². The lowest BCUT2D eigenvalue weighted by Gasteiger charge is -2.18. The Labute approximate surface area is 204 Å². The van der Waals surface area contributed by atoms with E-state index in [2.05, 4.69) is 27.6 Å². The van der Waals surface area contributed by atoms with E-state index in [9.17, 15) is 8.42 Å². The number of aliphatic imine (C=N–C) groups is 1. The molecular formula is C21H38IN5O3S. The van der Waals surface area contributed by atoms with Crippen molar-refractivity contribution in [2.75, 3.05) is 60.0 Å². The molecule has 0 radical (unpaired) electrons. The molecule has 0 bridgehead atoms. The maximum atomic E-state index is 12.6. The minimum absolute atomic E-state index is 0. The molecule has 1 fully saturated rings. The number of nitrogens with zero attached hydrogens (tertiary/aromatic N) is 3. The third-order valence-corrected chi connectivity index (χ3v) is 6.98. The molecular weight excluding hydrogens is 529 g/mol. The highest BCUT2D eigenvalue weighted by molar-refractivity contribution is 14.0. The van der Waals surface area contributed by atoms with Gasteiger partial charge in [0.2, 0.25) is 10.0 Å². The average molecular weight is 568 g/mol. The molecule has 1 aliphatic rings. The number of nitrogens with one attached hydrogen (secondary N) is 2. The Hall–Kier alpha value is -0.950. The second-order valence-corrected chi connectivity index (χ2v) is 9.46. The molecule has 1 heterocycles. The van der Waals surface area contributed by atoms with E-state index < -0.39 is 10.0 Å². The van der Waals surface area contributed by atoms with Gasteiger partial charge in [0.15, 0.2) is 5.96 Å². The predicted octanol–water partition coefficient (Wildman–Crippen LogP) is 2.11. The lowest BCUT2D eigenvalue weighted by atomic mass is 10.2. The molecule has 1 saturated heterocycles. The van der Waals surface area contributed by atoms with Crippen LogP contribution in [0, 0.1) is 0 Å². The van der Waals surface area contributed by atoms with Crippen molar-refractivity contribution in [2.24, 2.45) is 4.99 Å². The number of halogens is 1. The summed E-state index contributed by atoms with van der Waals surface area (Å²) >= 11 is 0. The second-order valence-electron chi connectivity index (χ2n) is 7.53. The van der Waals surface area contributed by atoms with Gasteiger partial charge in [-0.15, -0.1) is 24.0 Å². The van der Waals surface area contributed by atoms with Crippen LogP contribution in [0.4, 0.5) is 0 Å². The normalized spacial score (nSPS) is 15.2. The maximum absolute atomic E-state index is 12.6. The minimum Gasteiger partial charge on any atom is -0.385 e. The highest BCUT2D eigenvalue weighted by Crippen LogP contribution is 2.21. The van der Waals surface area contributed by atoms with Crippen molar-refractivity contribution in [2.45, 2.75) is 37.6 Å². The van der Waals surface area contributed by atoms with Gasteiger partial charge in [0.25, 0.3) is 0 Å². The predicted molar refractivity (Wildman–Crippen MR) is 137 cm³/mol. The third kappa shape index (κ3) is 9.60. The first-order valence-electron chi connectivity index (χ1n) is 10.8. The van der Waals surface area contributed by atoms with Crippen LogP contribution in [0.5, 0.6) is 0 Å². The lowest BCUT2D eigenvalue weighted by molar-refractivity contribution is 0.180. The topological polar surface area (TPSA) is 86.3 Å². The van der Waals surface area contributed by atoms with E-state index in [1.807, 2.05) is 19.1 Å². The van der Waals surface area contributed by atoms with Crippen molar-refractivity contribution >= 4 is 40.0 Å². The molecule has 0 unspecified atom stereocenters. The zero-order chi connectivity index (χ0) is 21.8. The number of benzene rings is 1. The molecule has 1 aromatic rings. The van der Waals surface area contributed by atoms with Gasteiger partial charge in [0.05, 0.1) is 11.4 Å². The Morgan fingerprint density at radius 2 is 1.84 bits per heavy atom. The van der Waals surface area contributed by atoms with Gasteiger partial charge < -0.3 is 20.3 Å². The molecule has 2 N–H and O–H groups in total. The summed E-state index contributed by atoms with van der Waals surface area (Å²) in [7, 11) is 0.456. The first kappa shape index (κ1) is 28.1. The van der Waals surface area contributed by atoms with Gasteiger partial charge >= 0.3 is 0 Å². The van der Waals surface area contributed by atoms with Crippen LogP contribution in [-0.4, -0.2) is 83.6 Å². The number of guanidine groups is 1. The zero-order valence-corrected chi connectivity index (χ0v) is 22.1. The number of sulfonamides is 1. The van der Waals surface area contributed by atoms with Crippen molar-refractivity contribution in [1.82, 2.24) is 19.8 Å². The SMILES string of the molecule is CCNC(=NCc1ccc(S(=O)(=O)N2CCCC2)cc1)NCCN(C)CCCOC.I. The third-order valence-electron chi connectivity index (χ3n) is 5.06. The molecule has 178 valence electrons. The summed E-state index contributed by atoms with van der Waals surface area (Å²) in [5.74, 6) is 0.761. The van der Waals surface area contributed by atoms with Crippen LogP contribution < -0.4 is 10.6 Å². The van der Waals surface area contributed by atoms with Crippen LogP contribution in [-0.2, 0) is 21.3 Å². The van der Waals surface area contributed by atoms with Crippen LogP contribution in [0.1, 0.15) is 31.7 Å². The summed E-state index contributed by atoms with van der Waals surface area (Å²) in [6.07, 6.45) is 2.90. The summed E-state index contributed by atoms with van der Waals surface area (Å²) in [6.45, 7) is 8.02. The van der Waals surface area contributed by atoms with Crippen molar-refractivity contribution < 1.29 is 13.2 Å². The Morgan fingerprint density at radius 1 is 1.16 bits per heavy atom. The Bertz CT molecular complexity index is 753. The quantitative estimate of drug-likeness (QED) is 0.174. The molecule has 0 aliphatic carbocycles. The summed E-state index contributed by atoms with van der Waals surface area (Å²) in [4.78, 5) is 7.24. The molecule has 0 spiro atoms. The lowest BCUT2D eigenvalue weighted by Crippen LogP contribution is -2.41. The molecule has 2 rings (SSSR count). The smallest absolute Gasteiger partial charge is 0.243 e. The number of hydrogen-bond donors (Lipinski definition) is 2. The van der Waals surface area contributed by atoms with Crippen molar-refractivity contribution in [3.63, 3.8) is 0 Å². The van der Waals surface area contributed by atoms with Crippen LogP contribution in [0.3, 0.4) is 0 Å². The molecule has 1 aliphatic heterocycles. The van der Waals surface area contributed by atoms with Crippen LogP contribution in [0.2, 0.25) is 0 Å². The number of likely N-dealkylation sites (N-methyl/N-ethyl adjacent to an activating group) is 1. The van der Waals surface area contributed by atoms with E-state index >= 15 is 0 Å². The molecule has 0 amide bonds. The van der Waals surface area contributed by atoms with Gasteiger partial charge in [-0.3, -0.25) is 0 Å². The van der Waals surface area contributed by atoms with Gasteiger partial charge in [-0.05, 0) is 50.9 Å². The van der Waals surface area contributed by atoms with Crippen molar-refractivity contribution in [3.8, 4) is 0 Å². The fraction of sp³-hybridized carbons (Fsp3) is 0.667. The van der Waals surface area contributed by atoms with Gasteiger partial charge in [-0.1, -0.05) is 12.1 Å². The molecule has 10 heteroatoms. The van der Waals surface area contributed by atoms with E-state index in [0.29, 0.717) is 24.5 Å². The van der Waals surface area contributed by atoms with Crippen LogP contribution >= 0.6 is 24.0 Å². The maximum Gasteiger partial charge on any atom is 0.243 e. The standard InChI is InChI=1S/C21H37N5O3S.HI/c1-4-22-21(23-12-16-25(2)13-7-17-29-3)24-18-19-8-10-20(11-9-19)30(27,28)26-14-5-6-15-26;/h8-11H,4-7,12-18H2,1-3H3,(H2,22,23,24);1H. The summed E-state index contributed by atoms with van der Waals surface area (Å²) in [5, 5.41) is 6.60. The Kier molecular flexibility index (Phi) is 13.6. The number of methoxy groups -OCH3 is 1. The van der Waals surface area contributed by atoms with E-state index in [0.717, 1.165) is 63.6 Å². The fourth-order valence-electron chi connectivity index (χ4n) is 3.31. The van der Waals surface area contributed by atoms with E-state index in [1.54, 1.807) is 23.5 Å². The van der Waals surface area contributed by atoms with Crippen molar-refractivity contribution in [1.29, 1.82) is 0 Å². The van der Waals surface area contributed by atoms with Crippen molar-refractivity contribution in [3.05, 3.63) is 29.8 Å². The zero-order valence-electron chi connectivity index (χ0n) is 19.0. The summed E-state index contributed by atoms with van der Waals surface area (Å²) < 4.78 is 31.9. The first-order valence-corrected chi connectivity index (χ1v) is 12.2. The molecule has 1 aromatic carbocycles. The van der Waals surface area contributed by atoms with Gasteiger partial charge in [-0.25, -0.2) is 13.4 Å².